The van der Waals surface area contributed by atoms with Crippen molar-refractivity contribution in [2.45, 2.75) is 13.0 Å². The standard InChI is InChI=1S/C21H20ClN3O2/c22-18-7-3-17(4-8-18)14-24-21(26)25-19-9-5-16(6-10-19)11-13-27-20-2-1-12-23-15-20/h1-10,12,15H,11,13-14H2,(H2,24,25,26). The lowest BCUT2D eigenvalue weighted by molar-refractivity contribution is 0.251. The fourth-order valence-electron chi connectivity index (χ4n) is 2.43. The third-order valence-corrected chi connectivity index (χ3v) is 4.12. The number of pyridine rings is 1. The van der Waals surface area contributed by atoms with Crippen molar-refractivity contribution in [1.82, 2.24) is 10.3 Å². The molecule has 0 fully saturated rings. The maximum absolute atomic E-state index is 12.0. The Balaban J connectivity index is 1.41. The van der Waals surface area contributed by atoms with Crippen molar-refractivity contribution >= 4 is 23.3 Å². The summed E-state index contributed by atoms with van der Waals surface area (Å²) in [6.45, 7) is 1.01. The van der Waals surface area contributed by atoms with Crippen molar-refractivity contribution in [1.29, 1.82) is 0 Å². The first-order valence-electron chi connectivity index (χ1n) is 8.60. The molecular weight excluding hydrogens is 362 g/mol. The van der Waals surface area contributed by atoms with Crippen LogP contribution in [0.1, 0.15) is 11.1 Å². The van der Waals surface area contributed by atoms with E-state index in [9.17, 15) is 4.79 Å². The average molecular weight is 382 g/mol. The Morgan fingerprint density at radius 3 is 2.44 bits per heavy atom. The predicted octanol–water partition coefficient (Wildman–Crippen LogP) is 4.68. The zero-order valence-electron chi connectivity index (χ0n) is 14.7. The third-order valence-electron chi connectivity index (χ3n) is 3.87. The molecular formula is C21H20ClN3O2. The summed E-state index contributed by atoms with van der Waals surface area (Å²) >= 11 is 5.85. The molecule has 138 valence electrons. The number of anilines is 1. The Bertz CT molecular complexity index is 853. The Labute approximate surface area is 163 Å². The number of nitrogens with one attached hydrogen (secondary N) is 2. The van der Waals surface area contributed by atoms with Crippen LogP contribution in [-0.4, -0.2) is 17.6 Å². The lowest BCUT2D eigenvalue weighted by Crippen LogP contribution is -2.28. The van der Waals surface area contributed by atoms with Crippen LogP contribution in [0.25, 0.3) is 0 Å². The van der Waals surface area contributed by atoms with E-state index in [2.05, 4.69) is 15.6 Å². The van der Waals surface area contributed by atoms with Crippen LogP contribution in [0.5, 0.6) is 5.75 Å². The van der Waals surface area contributed by atoms with Gasteiger partial charge in [-0.2, -0.15) is 0 Å². The number of hydrogen-bond acceptors (Lipinski definition) is 3. The molecule has 6 heteroatoms. The SMILES string of the molecule is O=C(NCc1ccc(Cl)cc1)Nc1ccc(CCOc2cccnc2)cc1. The molecule has 2 aromatic carbocycles. The van der Waals surface area contributed by atoms with Gasteiger partial charge in [0.1, 0.15) is 5.75 Å². The minimum absolute atomic E-state index is 0.252. The zero-order chi connectivity index (χ0) is 18.9. The number of urea groups is 1. The monoisotopic (exact) mass is 381 g/mol. The first kappa shape index (κ1) is 18.7. The highest BCUT2D eigenvalue weighted by Crippen LogP contribution is 2.12. The first-order chi connectivity index (χ1) is 13.2. The number of benzene rings is 2. The maximum Gasteiger partial charge on any atom is 0.319 e. The molecule has 1 aromatic heterocycles. The molecule has 0 aliphatic rings. The second-order valence-corrected chi connectivity index (χ2v) is 6.35. The van der Waals surface area contributed by atoms with Crippen molar-refractivity contribution < 1.29 is 9.53 Å². The van der Waals surface area contributed by atoms with Crippen LogP contribution in [-0.2, 0) is 13.0 Å². The molecule has 0 unspecified atom stereocenters. The highest BCUT2D eigenvalue weighted by Gasteiger charge is 2.03. The Morgan fingerprint density at radius 2 is 1.74 bits per heavy atom. The van der Waals surface area contributed by atoms with E-state index >= 15 is 0 Å². The number of rotatable bonds is 7. The number of halogens is 1. The molecule has 0 aliphatic carbocycles. The van der Waals surface area contributed by atoms with E-state index in [-0.39, 0.29) is 6.03 Å². The van der Waals surface area contributed by atoms with Crippen LogP contribution < -0.4 is 15.4 Å². The van der Waals surface area contributed by atoms with Gasteiger partial charge >= 0.3 is 6.03 Å². The lowest BCUT2D eigenvalue weighted by Gasteiger charge is -2.09. The van der Waals surface area contributed by atoms with Gasteiger partial charge in [-0.25, -0.2) is 4.79 Å². The summed E-state index contributed by atoms with van der Waals surface area (Å²) in [6, 6.07) is 18.5. The fourth-order valence-corrected chi connectivity index (χ4v) is 2.56. The Kier molecular flexibility index (Phi) is 6.66. The number of aromatic nitrogens is 1. The molecule has 27 heavy (non-hydrogen) atoms. The van der Waals surface area contributed by atoms with Gasteiger partial charge in [-0.15, -0.1) is 0 Å². The highest BCUT2D eigenvalue weighted by atomic mass is 35.5. The van der Waals surface area contributed by atoms with E-state index in [1.54, 1.807) is 24.5 Å². The van der Waals surface area contributed by atoms with E-state index in [1.807, 2.05) is 48.5 Å². The van der Waals surface area contributed by atoms with Crippen molar-refractivity contribution in [2.75, 3.05) is 11.9 Å². The molecule has 0 atom stereocenters. The Hall–Kier alpha value is -3.05. The number of ether oxygens (including phenoxy) is 1. The van der Waals surface area contributed by atoms with Gasteiger partial charge < -0.3 is 15.4 Å². The van der Waals surface area contributed by atoms with Crippen molar-refractivity contribution in [3.63, 3.8) is 0 Å². The molecule has 0 bridgehead atoms. The van der Waals surface area contributed by atoms with E-state index in [0.29, 0.717) is 18.2 Å². The van der Waals surface area contributed by atoms with Crippen molar-refractivity contribution in [3.8, 4) is 5.75 Å². The molecule has 0 radical (unpaired) electrons. The van der Waals surface area contributed by atoms with Gasteiger partial charge in [-0.1, -0.05) is 35.9 Å². The summed E-state index contributed by atoms with van der Waals surface area (Å²) < 4.78 is 5.64. The molecule has 0 spiro atoms. The van der Waals surface area contributed by atoms with Gasteiger partial charge in [-0.3, -0.25) is 4.98 Å². The van der Waals surface area contributed by atoms with Crippen LogP contribution in [0.3, 0.4) is 0 Å². The van der Waals surface area contributed by atoms with E-state index < -0.39 is 0 Å². The smallest absolute Gasteiger partial charge is 0.319 e. The summed E-state index contributed by atoms with van der Waals surface area (Å²) in [4.78, 5) is 16.0. The van der Waals surface area contributed by atoms with Crippen LogP contribution in [0, 0.1) is 0 Å². The largest absolute Gasteiger partial charge is 0.492 e. The summed E-state index contributed by atoms with van der Waals surface area (Å²) in [7, 11) is 0. The summed E-state index contributed by atoms with van der Waals surface area (Å²) in [5, 5.41) is 6.31. The topological polar surface area (TPSA) is 63.2 Å². The quantitative estimate of drug-likeness (QED) is 0.624. The lowest BCUT2D eigenvalue weighted by atomic mass is 10.1. The molecule has 3 rings (SSSR count). The second-order valence-electron chi connectivity index (χ2n) is 5.92. The van der Waals surface area contributed by atoms with Crippen molar-refractivity contribution in [2.24, 2.45) is 0 Å². The molecule has 0 aliphatic heterocycles. The highest BCUT2D eigenvalue weighted by molar-refractivity contribution is 6.30. The van der Waals surface area contributed by atoms with E-state index in [0.717, 1.165) is 29.0 Å². The molecule has 0 saturated carbocycles. The number of amides is 2. The van der Waals surface area contributed by atoms with Crippen LogP contribution >= 0.6 is 11.6 Å². The van der Waals surface area contributed by atoms with Gasteiger partial charge in [0, 0.05) is 29.9 Å². The zero-order valence-corrected chi connectivity index (χ0v) is 15.4. The summed E-state index contributed by atoms with van der Waals surface area (Å²) in [5.41, 5.74) is 2.85. The summed E-state index contributed by atoms with van der Waals surface area (Å²) in [5.74, 6) is 0.758. The van der Waals surface area contributed by atoms with Gasteiger partial charge in [0.15, 0.2) is 0 Å². The molecule has 3 aromatic rings. The van der Waals surface area contributed by atoms with Crippen LogP contribution in [0.15, 0.2) is 73.1 Å². The van der Waals surface area contributed by atoms with Crippen LogP contribution in [0.2, 0.25) is 5.02 Å². The average Bonchev–Trinajstić information content (AvgIpc) is 2.70. The molecule has 2 N–H and O–H groups in total. The summed E-state index contributed by atoms with van der Waals surface area (Å²) in [6.07, 6.45) is 4.18. The number of carbonyl (C=O) groups is 1. The van der Waals surface area contributed by atoms with Crippen molar-refractivity contribution in [3.05, 3.63) is 89.2 Å². The number of carbonyl (C=O) groups excluding carboxylic acids is 1. The van der Waals surface area contributed by atoms with E-state index in [4.69, 9.17) is 16.3 Å². The fraction of sp³-hybridized carbons (Fsp3) is 0.143. The van der Waals surface area contributed by atoms with Gasteiger partial charge in [-0.05, 0) is 47.5 Å². The molecule has 5 nitrogen and oxygen atoms in total. The van der Waals surface area contributed by atoms with Crippen LogP contribution in [0.4, 0.5) is 10.5 Å². The minimum atomic E-state index is -0.252. The molecule has 1 heterocycles. The maximum atomic E-state index is 12.0. The first-order valence-corrected chi connectivity index (χ1v) is 8.98. The number of hydrogen-bond donors (Lipinski definition) is 2. The van der Waals surface area contributed by atoms with E-state index in [1.165, 1.54) is 0 Å². The normalized spacial score (nSPS) is 10.3. The second kappa shape index (κ2) is 9.59. The minimum Gasteiger partial charge on any atom is -0.492 e. The number of nitrogens with zero attached hydrogens (tertiary/aromatic N) is 1. The molecule has 0 saturated heterocycles. The van der Waals surface area contributed by atoms with Gasteiger partial charge in [0.25, 0.3) is 0 Å². The molecule has 2 amide bonds. The Morgan fingerprint density at radius 1 is 1.00 bits per heavy atom. The predicted molar refractivity (Wildman–Crippen MR) is 107 cm³/mol. The van der Waals surface area contributed by atoms with Gasteiger partial charge in [0.05, 0.1) is 12.8 Å². The third kappa shape index (κ3) is 6.31. The van der Waals surface area contributed by atoms with Gasteiger partial charge in [0.2, 0.25) is 0 Å².